The molecule has 1 amide bonds. The van der Waals surface area contributed by atoms with Gasteiger partial charge in [0, 0.05) is 12.8 Å². The van der Waals surface area contributed by atoms with Gasteiger partial charge in [0.1, 0.15) is 0 Å². The third-order valence-corrected chi connectivity index (χ3v) is 3.15. The maximum absolute atomic E-state index is 12.0. The summed E-state index contributed by atoms with van der Waals surface area (Å²) < 4.78 is 0. The van der Waals surface area contributed by atoms with Crippen molar-refractivity contribution in [3.05, 3.63) is 35.9 Å². The summed E-state index contributed by atoms with van der Waals surface area (Å²) in [6, 6.07) is 9.85. The quantitative estimate of drug-likeness (QED) is 0.807. The van der Waals surface area contributed by atoms with Gasteiger partial charge in [0.25, 0.3) is 0 Å². The Labute approximate surface area is 126 Å². The monoisotopic (exact) mass is 291 g/mol. The van der Waals surface area contributed by atoms with E-state index in [0.29, 0.717) is 6.42 Å². The van der Waals surface area contributed by atoms with Crippen LogP contribution in [-0.2, 0) is 9.59 Å². The van der Waals surface area contributed by atoms with Crippen LogP contribution in [0.4, 0.5) is 0 Å². The minimum absolute atomic E-state index is 0.0305. The molecular formula is C17H25NO3. The van der Waals surface area contributed by atoms with E-state index >= 15 is 0 Å². The predicted molar refractivity (Wildman–Crippen MR) is 82.9 cm³/mol. The average Bonchev–Trinajstić information content (AvgIpc) is 2.37. The lowest BCUT2D eigenvalue weighted by Gasteiger charge is -2.27. The summed E-state index contributed by atoms with van der Waals surface area (Å²) in [5, 5.41) is 11.6. The number of rotatable bonds is 7. The third kappa shape index (κ3) is 7.49. The predicted octanol–water partition coefficient (Wildman–Crippen LogP) is 3.54. The van der Waals surface area contributed by atoms with Gasteiger partial charge in [0.2, 0.25) is 5.91 Å². The molecule has 0 heterocycles. The van der Waals surface area contributed by atoms with E-state index in [1.165, 1.54) is 0 Å². The van der Waals surface area contributed by atoms with Crippen molar-refractivity contribution in [3.8, 4) is 0 Å². The molecule has 0 aliphatic rings. The van der Waals surface area contributed by atoms with E-state index < -0.39 is 5.97 Å². The second-order valence-electron chi connectivity index (χ2n) is 6.54. The van der Waals surface area contributed by atoms with Crippen molar-refractivity contribution < 1.29 is 14.7 Å². The Morgan fingerprint density at radius 2 is 1.76 bits per heavy atom. The second-order valence-corrected chi connectivity index (χ2v) is 6.54. The SMILES string of the molecule is CC(C)(C)CC(NC(=O)CCCC(=O)O)c1ccccc1. The molecule has 0 aliphatic carbocycles. The molecule has 2 N–H and O–H groups in total. The number of benzene rings is 1. The Morgan fingerprint density at radius 3 is 2.29 bits per heavy atom. The summed E-state index contributed by atoms with van der Waals surface area (Å²) in [5.74, 6) is -0.952. The first-order valence-corrected chi connectivity index (χ1v) is 7.34. The van der Waals surface area contributed by atoms with Crippen LogP contribution in [0.15, 0.2) is 30.3 Å². The highest BCUT2D eigenvalue weighted by molar-refractivity contribution is 5.77. The molecule has 1 atom stereocenters. The Kier molecular flexibility index (Phi) is 6.40. The van der Waals surface area contributed by atoms with E-state index in [0.717, 1.165) is 12.0 Å². The van der Waals surface area contributed by atoms with Crippen molar-refractivity contribution in [2.24, 2.45) is 5.41 Å². The molecule has 4 nitrogen and oxygen atoms in total. The van der Waals surface area contributed by atoms with Crippen LogP contribution in [0, 0.1) is 5.41 Å². The Bertz CT molecular complexity index is 463. The maximum atomic E-state index is 12.0. The van der Waals surface area contributed by atoms with Gasteiger partial charge in [0.05, 0.1) is 6.04 Å². The highest BCUT2D eigenvalue weighted by atomic mass is 16.4. The highest BCUT2D eigenvalue weighted by Gasteiger charge is 2.21. The standard InChI is InChI=1S/C17H25NO3/c1-17(2,3)12-14(13-8-5-4-6-9-13)18-15(19)10-7-11-16(20)21/h4-6,8-9,14H,7,10-12H2,1-3H3,(H,18,19)(H,20,21). The van der Waals surface area contributed by atoms with Crippen molar-refractivity contribution in [2.75, 3.05) is 0 Å². The van der Waals surface area contributed by atoms with E-state index in [1.54, 1.807) is 0 Å². The molecule has 1 aromatic rings. The van der Waals surface area contributed by atoms with Crippen LogP contribution in [-0.4, -0.2) is 17.0 Å². The molecular weight excluding hydrogens is 266 g/mol. The molecule has 0 saturated carbocycles. The fourth-order valence-electron chi connectivity index (χ4n) is 2.22. The number of carboxylic acid groups (broad SMARTS) is 1. The second kappa shape index (κ2) is 7.81. The number of nitrogens with one attached hydrogen (secondary N) is 1. The van der Waals surface area contributed by atoms with E-state index in [4.69, 9.17) is 5.11 Å². The van der Waals surface area contributed by atoms with Gasteiger partial charge in [-0.1, -0.05) is 51.1 Å². The summed E-state index contributed by atoms with van der Waals surface area (Å²) in [5.41, 5.74) is 1.17. The van der Waals surface area contributed by atoms with Crippen molar-refractivity contribution in [2.45, 2.75) is 52.5 Å². The highest BCUT2D eigenvalue weighted by Crippen LogP contribution is 2.29. The Morgan fingerprint density at radius 1 is 1.14 bits per heavy atom. The van der Waals surface area contributed by atoms with Gasteiger partial charge >= 0.3 is 5.97 Å². The molecule has 0 aliphatic heterocycles. The zero-order chi connectivity index (χ0) is 15.9. The number of hydrogen-bond donors (Lipinski definition) is 2. The first-order chi connectivity index (χ1) is 9.78. The minimum Gasteiger partial charge on any atom is -0.481 e. The molecule has 21 heavy (non-hydrogen) atoms. The van der Waals surface area contributed by atoms with Gasteiger partial charge in [-0.25, -0.2) is 0 Å². The van der Waals surface area contributed by atoms with E-state index in [1.807, 2.05) is 30.3 Å². The first-order valence-electron chi connectivity index (χ1n) is 7.34. The summed E-state index contributed by atoms with van der Waals surface area (Å²) >= 11 is 0. The van der Waals surface area contributed by atoms with Crippen molar-refractivity contribution in [1.82, 2.24) is 5.32 Å². The third-order valence-electron chi connectivity index (χ3n) is 3.15. The lowest BCUT2D eigenvalue weighted by molar-refractivity contribution is -0.137. The molecule has 0 saturated heterocycles. The lowest BCUT2D eigenvalue weighted by atomic mass is 9.85. The molecule has 0 fully saturated rings. The van der Waals surface area contributed by atoms with E-state index in [2.05, 4.69) is 26.1 Å². The van der Waals surface area contributed by atoms with Gasteiger partial charge in [-0.05, 0) is 23.8 Å². The van der Waals surface area contributed by atoms with Crippen LogP contribution in [0.2, 0.25) is 0 Å². The van der Waals surface area contributed by atoms with Crippen LogP contribution in [0.25, 0.3) is 0 Å². The summed E-state index contributed by atoms with van der Waals surface area (Å²) in [6.07, 6.45) is 1.49. The largest absolute Gasteiger partial charge is 0.481 e. The van der Waals surface area contributed by atoms with E-state index in [-0.39, 0.29) is 30.2 Å². The lowest BCUT2D eigenvalue weighted by Crippen LogP contribution is -2.31. The Hall–Kier alpha value is -1.84. The van der Waals surface area contributed by atoms with Gasteiger partial charge in [-0.2, -0.15) is 0 Å². The molecule has 116 valence electrons. The van der Waals surface area contributed by atoms with Crippen LogP contribution in [0.1, 0.15) is 58.1 Å². The smallest absolute Gasteiger partial charge is 0.303 e. The normalized spacial score (nSPS) is 12.7. The van der Waals surface area contributed by atoms with Crippen molar-refractivity contribution in [3.63, 3.8) is 0 Å². The number of carboxylic acids is 1. The number of amides is 1. The van der Waals surface area contributed by atoms with Crippen LogP contribution < -0.4 is 5.32 Å². The summed E-state index contributed by atoms with van der Waals surface area (Å²) in [6.45, 7) is 6.42. The molecule has 0 spiro atoms. The van der Waals surface area contributed by atoms with Gasteiger partial charge < -0.3 is 10.4 Å². The number of carbonyl (C=O) groups is 2. The van der Waals surface area contributed by atoms with Crippen LogP contribution in [0.3, 0.4) is 0 Å². The van der Waals surface area contributed by atoms with Crippen LogP contribution in [0.5, 0.6) is 0 Å². The topological polar surface area (TPSA) is 66.4 Å². The first kappa shape index (κ1) is 17.2. The molecule has 1 aromatic carbocycles. The molecule has 4 heteroatoms. The molecule has 1 rings (SSSR count). The molecule has 0 bridgehead atoms. The number of carbonyl (C=O) groups excluding carboxylic acids is 1. The summed E-state index contributed by atoms with van der Waals surface area (Å²) in [7, 11) is 0. The number of hydrogen-bond acceptors (Lipinski definition) is 2. The van der Waals surface area contributed by atoms with Crippen LogP contribution >= 0.6 is 0 Å². The van der Waals surface area contributed by atoms with Gasteiger partial charge in [-0.3, -0.25) is 9.59 Å². The summed E-state index contributed by atoms with van der Waals surface area (Å²) in [4.78, 5) is 22.5. The average molecular weight is 291 g/mol. The van der Waals surface area contributed by atoms with Gasteiger partial charge in [0.15, 0.2) is 0 Å². The van der Waals surface area contributed by atoms with E-state index in [9.17, 15) is 9.59 Å². The molecule has 0 radical (unpaired) electrons. The molecule has 0 aromatic heterocycles. The van der Waals surface area contributed by atoms with Gasteiger partial charge in [-0.15, -0.1) is 0 Å². The molecule has 1 unspecified atom stereocenters. The minimum atomic E-state index is -0.864. The fraction of sp³-hybridized carbons (Fsp3) is 0.529. The fourth-order valence-corrected chi connectivity index (χ4v) is 2.22. The van der Waals surface area contributed by atoms with Crippen molar-refractivity contribution in [1.29, 1.82) is 0 Å². The Balaban J connectivity index is 2.65. The van der Waals surface area contributed by atoms with Crippen molar-refractivity contribution >= 4 is 11.9 Å². The maximum Gasteiger partial charge on any atom is 0.303 e. The zero-order valence-electron chi connectivity index (χ0n) is 13.1. The zero-order valence-corrected chi connectivity index (χ0v) is 13.1. The number of aliphatic carboxylic acids is 1.